The minimum Gasteiger partial charge on any atom is -0.263 e. The van der Waals surface area contributed by atoms with Crippen LogP contribution in [0, 0.1) is 22.0 Å². The fourth-order valence-electron chi connectivity index (χ4n) is 1.31. The van der Waals surface area contributed by atoms with E-state index in [0.29, 0.717) is 5.56 Å². The van der Waals surface area contributed by atoms with Crippen molar-refractivity contribution >= 4 is 5.69 Å². The lowest BCUT2D eigenvalue weighted by molar-refractivity contribution is -0.385. The number of aromatic nitrogens is 1. The fourth-order valence-corrected chi connectivity index (χ4v) is 1.31. The van der Waals surface area contributed by atoms with Gasteiger partial charge in [0.15, 0.2) is 0 Å². The van der Waals surface area contributed by atoms with Crippen molar-refractivity contribution < 1.29 is 4.92 Å². The number of para-hydroxylation sites is 1. The molecular formula is C13H8N2O2. The van der Waals surface area contributed by atoms with E-state index in [0.717, 1.165) is 5.56 Å². The van der Waals surface area contributed by atoms with Gasteiger partial charge in [-0.25, -0.2) is 0 Å². The summed E-state index contributed by atoms with van der Waals surface area (Å²) >= 11 is 0. The van der Waals surface area contributed by atoms with Crippen LogP contribution in [0.4, 0.5) is 5.69 Å². The predicted octanol–water partition coefficient (Wildman–Crippen LogP) is 2.39. The van der Waals surface area contributed by atoms with Crippen LogP contribution in [0.2, 0.25) is 0 Å². The van der Waals surface area contributed by atoms with Gasteiger partial charge >= 0.3 is 0 Å². The zero-order valence-electron chi connectivity index (χ0n) is 8.83. The molecule has 0 amide bonds. The monoisotopic (exact) mass is 224 g/mol. The van der Waals surface area contributed by atoms with E-state index in [1.54, 1.807) is 42.7 Å². The van der Waals surface area contributed by atoms with E-state index >= 15 is 0 Å². The van der Waals surface area contributed by atoms with Gasteiger partial charge in [0.1, 0.15) is 5.56 Å². The van der Waals surface area contributed by atoms with Crippen molar-refractivity contribution in [2.24, 2.45) is 0 Å². The van der Waals surface area contributed by atoms with E-state index in [1.165, 1.54) is 6.07 Å². The van der Waals surface area contributed by atoms with E-state index in [2.05, 4.69) is 16.8 Å². The van der Waals surface area contributed by atoms with Crippen LogP contribution < -0.4 is 0 Å². The molecule has 0 saturated heterocycles. The highest BCUT2D eigenvalue weighted by Gasteiger charge is 2.09. The molecule has 2 aromatic rings. The molecule has 1 heterocycles. The lowest BCUT2D eigenvalue weighted by Gasteiger charge is -1.93. The number of nitrogens with zero attached hydrogens (tertiary/aromatic N) is 2. The van der Waals surface area contributed by atoms with Crippen LogP contribution in [0.3, 0.4) is 0 Å². The zero-order valence-corrected chi connectivity index (χ0v) is 8.83. The molecule has 0 aliphatic heterocycles. The molecule has 0 aliphatic carbocycles. The second-order valence-electron chi connectivity index (χ2n) is 3.27. The second kappa shape index (κ2) is 4.90. The maximum atomic E-state index is 10.8. The Bertz CT molecular complexity index is 598. The Morgan fingerprint density at radius 1 is 1.12 bits per heavy atom. The Morgan fingerprint density at radius 3 is 2.65 bits per heavy atom. The summed E-state index contributed by atoms with van der Waals surface area (Å²) in [5, 5.41) is 10.8. The predicted molar refractivity (Wildman–Crippen MR) is 63.3 cm³/mol. The molecule has 0 N–H and O–H groups in total. The molecule has 4 heteroatoms. The number of hydrogen-bond donors (Lipinski definition) is 0. The highest BCUT2D eigenvalue weighted by molar-refractivity contribution is 5.52. The van der Waals surface area contributed by atoms with Crippen molar-refractivity contribution in [1.82, 2.24) is 4.98 Å². The molecule has 0 saturated carbocycles. The minimum atomic E-state index is -0.437. The molecule has 2 rings (SSSR count). The van der Waals surface area contributed by atoms with E-state index < -0.39 is 4.92 Å². The van der Waals surface area contributed by atoms with Crippen molar-refractivity contribution in [2.75, 3.05) is 0 Å². The Balaban J connectivity index is 2.38. The molecule has 1 aromatic carbocycles. The summed E-state index contributed by atoms with van der Waals surface area (Å²) in [6.07, 6.45) is 3.26. The summed E-state index contributed by atoms with van der Waals surface area (Å²) in [7, 11) is 0. The van der Waals surface area contributed by atoms with Crippen molar-refractivity contribution in [3.8, 4) is 11.8 Å². The maximum absolute atomic E-state index is 10.8. The van der Waals surface area contributed by atoms with Crippen LogP contribution in [0.25, 0.3) is 0 Å². The lowest BCUT2D eigenvalue weighted by atomic mass is 10.1. The van der Waals surface area contributed by atoms with Gasteiger partial charge in [-0.15, -0.1) is 0 Å². The summed E-state index contributed by atoms with van der Waals surface area (Å²) in [6.45, 7) is 0. The summed E-state index contributed by atoms with van der Waals surface area (Å²) in [5.74, 6) is 5.62. The highest BCUT2D eigenvalue weighted by Crippen LogP contribution is 2.16. The third-order valence-corrected chi connectivity index (χ3v) is 2.10. The fraction of sp³-hybridized carbons (Fsp3) is 0. The summed E-state index contributed by atoms with van der Waals surface area (Å²) in [6, 6.07) is 9.97. The standard InChI is InChI=1S/C13H8N2O2/c16-15(17)13-6-2-1-5-12(13)8-7-11-4-3-9-14-10-11/h1-6,9-10H. The van der Waals surface area contributed by atoms with Crippen molar-refractivity contribution in [3.63, 3.8) is 0 Å². The summed E-state index contributed by atoms with van der Waals surface area (Å²) < 4.78 is 0. The first-order valence-corrected chi connectivity index (χ1v) is 4.93. The molecular weight excluding hydrogens is 216 g/mol. The third-order valence-electron chi connectivity index (χ3n) is 2.10. The van der Waals surface area contributed by atoms with Gasteiger partial charge in [0.05, 0.1) is 4.92 Å². The van der Waals surface area contributed by atoms with E-state index in [1.807, 2.05) is 0 Å². The van der Waals surface area contributed by atoms with Gasteiger partial charge in [0.25, 0.3) is 5.69 Å². The van der Waals surface area contributed by atoms with Gasteiger partial charge in [0.2, 0.25) is 0 Å². The van der Waals surface area contributed by atoms with E-state index in [9.17, 15) is 10.1 Å². The molecule has 17 heavy (non-hydrogen) atoms. The van der Waals surface area contributed by atoms with Crippen LogP contribution in [0.5, 0.6) is 0 Å². The first kappa shape index (κ1) is 10.8. The smallest absolute Gasteiger partial charge is 0.263 e. The SMILES string of the molecule is O=[N+]([O-])c1ccccc1C#Cc1cccnc1. The van der Waals surface area contributed by atoms with Crippen molar-refractivity contribution in [3.05, 3.63) is 70.0 Å². The molecule has 82 valence electrons. The maximum Gasteiger partial charge on any atom is 0.284 e. The molecule has 0 bridgehead atoms. The number of rotatable bonds is 1. The molecule has 0 aliphatic rings. The average Bonchev–Trinajstić information content (AvgIpc) is 2.38. The first-order chi connectivity index (χ1) is 8.27. The summed E-state index contributed by atoms with van der Waals surface area (Å²) in [5.41, 5.74) is 1.15. The Kier molecular flexibility index (Phi) is 3.13. The van der Waals surface area contributed by atoms with Gasteiger partial charge in [0, 0.05) is 24.0 Å². The van der Waals surface area contributed by atoms with Crippen LogP contribution in [-0.4, -0.2) is 9.91 Å². The lowest BCUT2D eigenvalue weighted by Crippen LogP contribution is -1.91. The zero-order chi connectivity index (χ0) is 12.1. The quantitative estimate of drug-likeness (QED) is 0.424. The molecule has 0 unspecified atom stereocenters. The van der Waals surface area contributed by atoms with Gasteiger partial charge in [-0.3, -0.25) is 15.1 Å². The number of pyridine rings is 1. The van der Waals surface area contributed by atoms with Crippen LogP contribution in [0.1, 0.15) is 11.1 Å². The number of nitro benzene ring substituents is 1. The summed E-state index contributed by atoms with van der Waals surface area (Å²) in [4.78, 5) is 14.2. The Morgan fingerprint density at radius 2 is 1.94 bits per heavy atom. The van der Waals surface area contributed by atoms with Gasteiger partial charge in [-0.05, 0) is 18.2 Å². The van der Waals surface area contributed by atoms with Crippen LogP contribution in [-0.2, 0) is 0 Å². The third kappa shape index (κ3) is 2.67. The van der Waals surface area contributed by atoms with Crippen LogP contribution in [0.15, 0.2) is 48.8 Å². The molecule has 0 fully saturated rings. The normalized spacial score (nSPS) is 9.18. The minimum absolute atomic E-state index is 0.0175. The molecule has 0 radical (unpaired) electrons. The van der Waals surface area contributed by atoms with Crippen molar-refractivity contribution in [2.45, 2.75) is 0 Å². The van der Waals surface area contributed by atoms with Crippen molar-refractivity contribution in [1.29, 1.82) is 0 Å². The van der Waals surface area contributed by atoms with Gasteiger partial charge in [-0.2, -0.15) is 0 Å². The topological polar surface area (TPSA) is 56.0 Å². The number of hydrogen-bond acceptors (Lipinski definition) is 3. The molecule has 0 spiro atoms. The highest BCUT2D eigenvalue weighted by atomic mass is 16.6. The molecule has 1 aromatic heterocycles. The van der Waals surface area contributed by atoms with Gasteiger partial charge in [-0.1, -0.05) is 24.0 Å². The number of nitro groups is 1. The Labute approximate surface area is 98.1 Å². The van der Waals surface area contributed by atoms with Crippen LogP contribution >= 0.6 is 0 Å². The largest absolute Gasteiger partial charge is 0.284 e. The van der Waals surface area contributed by atoms with E-state index in [-0.39, 0.29) is 5.69 Å². The first-order valence-electron chi connectivity index (χ1n) is 4.93. The van der Waals surface area contributed by atoms with E-state index in [4.69, 9.17) is 0 Å². The Hall–Kier alpha value is -2.67. The van der Waals surface area contributed by atoms with Gasteiger partial charge < -0.3 is 0 Å². The second-order valence-corrected chi connectivity index (χ2v) is 3.27. The molecule has 4 nitrogen and oxygen atoms in total. The molecule has 0 atom stereocenters. The average molecular weight is 224 g/mol. The number of benzene rings is 1.